The van der Waals surface area contributed by atoms with Gasteiger partial charge in [0.25, 0.3) is 0 Å². The molecule has 0 radical (unpaired) electrons. The SMILES string of the molecule is COc1ccc(-c2noc(CCC(=O)NCC3CCN(Cc4ccc(C)cc4)C3)n2)cc1. The number of amides is 1. The number of ether oxygens (including phenoxy) is 1. The maximum absolute atomic E-state index is 12.3. The predicted octanol–water partition coefficient (Wildman–Crippen LogP) is 3.62. The molecule has 1 aromatic heterocycles. The molecule has 1 aliphatic rings. The van der Waals surface area contributed by atoms with E-state index in [4.69, 9.17) is 9.26 Å². The van der Waals surface area contributed by atoms with Crippen LogP contribution < -0.4 is 10.1 Å². The number of likely N-dealkylation sites (tertiary alicyclic amines) is 1. The van der Waals surface area contributed by atoms with Crippen LogP contribution in [-0.2, 0) is 17.8 Å². The zero-order chi connectivity index (χ0) is 22.3. The van der Waals surface area contributed by atoms with Crippen molar-refractivity contribution in [2.45, 2.75) is 32.7 Å². The van der Waals surface area contributed by atoms with Crippen LogP contribution in [0.2, 0.25) is 0 Å². The van der Waals surface area contributed by atoms with Gasteiger partial charge in [0.2, 0.25) is 17.6 Å². The van der Waals surface area contributed by atoms with Crippen LogP contribution in [0.3, 0.4) is 0 Å². The highest BCUT2D eigenvalue weighted by Crippen LogP contribution is 2.20. The van der Waals surface area contributed by atoms with E-state index >= 15 is 0 Å². The van der Waals surface area contributed by atoms with E-state index in [1.807, 2.05) is 24.3 Å². The quantitative estimate of drug-likeness (QED) is 0.554. The normalized spacial score (nSPS) is 16.2. The Balaban J connectivity index is 1.17. The van der Waals surface area contributed by atoms with Gasteiger partial charge in [0.1, 0.15) is 5.75 Å². The highest BCUT2D eigenvalue weighted by Gasteiger charge is 2.23. The number of hydrogen-bond donors (Lipinski definition) is 1. The molecule has 4 rings (SSSR count). The van der Waals surface area contributed by atoms with E-state index in [1.54, 1.807) is 7.11 Å². The second-order valence-electron chi connectivity index (χ2n) is 8.42. The van der Waals surface area contributed by atoms with Gasteiger partial charge in [0, 0.05) is 38.0 Å². The molecule has 7 heteroatoms. The molecule has 2 aromatic carbocycles. The summed E-state index contributed by atoms with van der Waals surface area (Å²) in [5.41, 5.74) is 3.48. The standard InChI is InChI=1S/C25H30N4O3/c1-18-3-5-19(6-4-18)16-29-14-13-20(17-29)15-26-23(30)11-12-24-27-25(28-32-24)21-7-9-22(31-2)10-8-21/h3-10,20H,11-17H2,1-2H3,(H,26,30). The summed E-state index contributed by atoms with van der Waals surface area (Å²) in [6.45, 7) is 5.88. The van der Waals surface area contributed by atoms with Crippen molar-refractivity contribution < 1.29 is 14.1 Å². The molecule has 32 heavy (non-hydrogen) atoms. The smallest absolute Gasteiger partial charge is 0.227 e. The number of aromatic nitrogens is 2. The summed E-state index contributed by atoms with van der Waals surface area (Å²) >= 11 is 0. The molecule has 1 aliphatic heterocycles. The molecule has 7 nitrogen and oxygen atoms in total. The molecule has 1 atom stereocenters. The lowest BCUT2D eigenvalue weighted by molar-refractivity contribution is -0.121. The minimum Gasteiger partial charge on any atom is -0.497 e. The number of nitrogens with one attached hydrogen (secondary N) is 1. The van der Waals surface area contributed by atoms with Gasteiger partial charge in [-0.3, -0.25) is 9.69 Å². The fourth-order valence-electron chi connectivity index (χ4n) is 3.96. The van der Waals surface area contributed by atoms with Gasteiger partial charge < -0.3 is 14.6 Å². The van der Waals surface area contributed by atoms with Crippen molar-refractivity contribution in [1.29, 1.82) is 0 Å². The van der Waals surface area contributed by atoms with Crippen LogP contribution in [-0.4, -0.2) is 47.7 Å². The molecule has 1 unspecified atom stereocenters. The summed E-state index contributed by atoms with van der Waals surface area (Å²) in [6, 6.07) is 16.2. The van der Waals surface area contributed by atoms with Crippen LogP contribution in [0.1, 0.15) is 29.9 Å². The van der Waals surface area contributed by atoms with Crippen LogP contribution in [0.4, 0.5) is 0 Å². The van der Waals surface area contributed by atoms with E-state index in [9.17, 15) is 4.79 Å². The van der Waals surface area contributed by atoms with E-state index < -0.39 is 0 Å². The van der Waals surface area contributed by atoms with Crippen molar-refractivity contribution in [3.8, 4) is 17.1 Å². The monoisotopic (exact) mass is 434 g/mol. The van der Waals surface area contributed by atoms with Gasteiger partial charge in [0.05, 0.1) is 7.11 Å². The number of hydrogen-bond acceptors (Lipinski definition) is 6. The van der Waals surface area contributed by atoms with Gasteiger partial charge in [-0.05, 0) is 55.6 Å². The largest absolute Gasteiger partial charge is 0.497 e. The molecule has 168 valence electrons. The lowest BCUT2D eigenvalue weighted by atomic mass is 10.1. The van der Waals surface area contributed by atoms with Gasteiger partial charge in [-0.1, -0.05) is 35.0 Å². The van der Waals surface area contributed by atoms with E-state index in [0.717, 1.165) is 37.4 Å². The Morgan fingerprint density at radius 2 is 1.97 bits per heavy atom. The van der Waals surface area contributed by atoms with Gasteiger partial charge in [0.15, 0.2) is 0 Å². The maximum atomic E-state index is 12.3. The fraction of sp³-hybridized carbons (Fsp3) is 0.400. The van der Waals surface area contributed by atoms with Crippen LogP contribution in [0.15, 0.2) is 53.1 Å². The van der Waals surface area contributed by atoms with Crippen molar-refractivity contribution in [3.63, 3.8) is 0 Å². The Labute approximate surface area is 188 Å². The predicted molar refractivity (Wildman–Crippen MR) is 122 cm³/mol. The summed E-state index contributed by atoms with van der Waals surface area (Å²) in [5.74, 6) is 2.27. The summed E-state index contributed by atoms with van der Waals surface area (Å²) in [4.78, 5) is 19.2. The van der Waals surface area contributed by atoms with Crippen molar-refractivity contribution in [3.05, 3.63) is 65.5 Å². The first-order valence-electron chi connectivity index (χ1n) is 11.1. The number of nitrogens with zero attached hydrogens (tertiary/aromatic N) is 3. The van der Waals surface area contributed by atoms with Crippen molar-refractivity contribution in [2.24, 2.45) is 5.92 Å². The molecular formula is C25H30N4O3. The van der Waals surface area contributed by atoms with Crippen molar-refractivity contribution >= 4 is 5.91 Å². The van der Waals surface area contributed by atoms with Crippen LogP contribution >= 0.6 is 0 Å². The molecule has 1 N–H and O–H groups in total. The molecule has 3 aromatic rings. The zero-order valence-electron chi connectivity index (χ0n) is 18.7. The molecule has 0 saturated carbocycles. The summed E-state index contributed by atoms with van der Waals surface area (Å²) in [5, 5.41) is 7.08. The number of rotatable bonds is 9. The first-order valence-corrected chi connectivity index (χ1v) is 11.1. The van der Waals surface area contributed by atoms with Crippen molar-refractivity contribution in [2.75, 3.05) is 26.7 Å². The molecule has 1 fully saturated rings. The highest BCUT2D eigenvalue weighted by atomic mass is 16.5. The van der Waals surface area contributed by atoms with Crippen LogP contribution in [0, 0.1) is 12.8 Å². The molecule has 0 spiro atoms. The fourth-order valence-corrected chi connectivity index (χ4v) is 3.96. The third kappa shape index (κ3) is 5.95. The van der Waals surface area contributed by atoms with E-state index in [1.165, 1.54) is 11.1 Å². The lowest BCUT2D eigenvalue weighted by Gasteiger charge is -2.16. The summed E-state index contributed by atoms with van der Waals surface area (Å²) in [6.07, 6.45) is 1.88. The second kappa shape index (κ2) is 10.4. The number of carbonyl (C=O) groups excluding carboxylic acids is 1. The summed E-state index contributed by atoms with van der Waals surface area (Å²) in [7, 11) is 1.63. The Morgan fingerprint density at radius 1 is 1.19 bits per heavy atom. The Morgan fingerprint density at radius 3 is 2.72 bits per heavy atom. The minimum absolute atomic E-state index is 0.0196. The summed E-state index contributed by atoms with van der Waals surface area (Å²) < 4.78 is 10.5. The molecule has 1 amide bonds. The highest BCUT2D eigenvalue weighted by molar-refractivity contribution is 5.76. The molecule has 1 saturated heterocycles. The number of benzene rings is 2. The minimum atomic E-state index is 0.0196. The van der Waals surface area contributed by atoms with Gasteiger partial charge in [-0.2, -0.15) is 4.98 Å². The Hall–Kier alpha value is -3.19. The average Bonchev–Trinajstić information content (AvgIpc) is 3.47. The average molecular weight is 435 g/mol. The molecular weight excluding hydrogens is 404 g/mol. The lowest BCUT2D eigenvalue weighted by Crippen LogP contribution is -2.31. The van der Waals surface area contributed by atoms with E-state index in [2.05, 4.69) is 51.5 Å². The third-order valence-electron chi connectivity index (χ3n) is 5.87. The first kappa shape index (κ1) is 22.0. The van der Waals surface area contributed by atoms with E-state index in [-0.39, 0.29) is 5.91 Å². The Kier molecular flexibility index (Phi) is 7.17. The van der Waals surface area contributed by atoms with E-state index in [0.29, 0.717) is 37.0 Å². The molecule has 0 aliphatic carbocycles. The first-order chi connectivity index (χ1) is 15.6. The third-order valence-corrected chi connectivity index (χ3v) is 5.87. The molecule has 0 bridgehead atoms. The topological polar surface area (TPSA) is 80.5 Å². The number of carbonyl (C=O) groups is 1. The van der Waals surface area contributed by atoms with Crippen LogP contribution in [0.25, 0.3) is 11.4 Å². The number of methoxy groups -OCH3 is 1. The molecule has 2 heterocycles. The van der Waals surface area contributed by atoms with Gasteiger partial charge >= 0.3 is 0 Å². The Bertz CT molecular complexity index is 1010. The van der Waals surface area contributed by atoms with Crippen molar-refractivity contribution in [1.82, 2.24) is 20.4 Å². The van der Waals surface area contributed by atoms with Gasteiger partial charge in [-0.25, -0.2) is 0 Å². The maximum Gasteiger partial charge on any atom is 0.227 e. The number of aryl methyl sites for hydroxylation is 2. The second-order valence-corrected chi connectivity index (χ2v) is 8.42. The van der Waals surface area contributed by atoms with Gasteiger partial charge in [-0.15, -0.1) is 0 Å². The zero-order valence-corrected chi connectivity index (χ0v) is 18.7. The van der Waals surface area contributed by atoms with Crippen LogP contribution in [0.5, 0.6) is 5.75 Å².